The number of aliphatic hydroxyl groups is 1. The topological polar surface area (TPSA) is 116 Å². The van der Waals surface area contributed by atoms with Gasteiger partial charge in [0, 0.05) is 18.9 Å². The summed E-state index contributed by atoms with van der Waals surface area (Å²) in [6, 6.07) is 14.9. The Balaban J connectivity index is 1.30. The number of rotatable bonds is 4. The van der Waals surface area contributed by atoms with Crippen molar-refractivity contribution in [3.8, 4) is 23.0 Å². The van der Waals surface area contributed by atoms with Crippen molar-refractivity contribution in [2.45, 2.75) is 24.5 Å². The normalized spacial score (nSPS) is 18.8. The van der Waals surface area contributed by atoms with Gasteiger partial charge in [-0.1, -0.05) is 54.5 Å². The lowest BCUT2D eigenvalue weighted by Crippen LogP contribution is -2.40. The highest BCUT2D eigenvalue weighted by Gasteiger charge is 2.38. The number of fused-ring (bicyclic) bond motifs is 3. The number of carboxylic acids is 1. The fourth-order valence-electron chi connectivity index (χ4n) is 4.23. The summed E-state index contributed by atoms with van der Waals surface area (Å²) < 4.78 is 5.39. The van der Waals surface area contributed by atoms with E-state index in [2.05, 4.69) is 29.3 Å². The van der Waals surface area contributed by atoms with E-state index in [4.69, 9.17) is 9.84 Å². The van der Waals surface area contributed by atoms with Gasteiger partial charge in [-0.2, -0.15) is 0 Å². The van der Waals surface area contributed by atoms with Gasteiger partial charge in [0.05, 0.1) is 12.6 Å². The molecular formula is C24H22N2O6. The molecular weight excluding hydrogens is 412 g/mol. The molecule has 1 aliphatic carbocycles. The zero-order valence-corrected chi connectivity index (χ0v) is 17.2. The van der Waals surface area contributed by atoms with E-state index in [0.29, 0.717) is 0 Å². The average molecular weight is 434 g/mol. The first kappa shape index (κ1) is 21.4. The Morgan fingerprint density at radius 3 is 2.31 bits per heavy atom. The Labute approximate surface area is 184 Å². The van der Waals surface area contributed by atoms with Gasteiger partial charge in [0.15, 0.2) is 0 Å². The monoisotopic (exact) mass is 434 g/mol. The number of benzene rings is 2. The number of amides is 2. The molecule has 8 heteroatoms. The molecule has 3 N–H and O–H groups in total. The Bertz CT molecular complexity index is 1070. The van der Waals surface area contributed by atoms with Gasteiger partial charge in [-0.15, -0.1) is 0 Å². The molecule has 1 saturated heterocycles. The maximum atomic E-state index is 12.1. The smallest absolute Gasteiger partial charge is 0.407 e. The van der Waals surface area contributed by atoms with Crippen LogP contribution in [0.15, 0.2) is 48.5 Å². The molecule has 1 heterocycles. The Hall–Kier alpha value is -3.83. The zero-order chi connectivity index (χ0) is 22.7. The molecule has 4 rings (SSSR count). The summed E-state index contributed by atoms with van der Waals surface area (Å²) in [4.78, 5) is 36.4. The number of nitrogens with zero attached hydrogens (tertiary/aromatic N) is 1. The van der Waals surface area contributed by atoms with Crippen molar-refractivity contribution in [3.05, 3.63) is 59.7 Å². The predicted molar refractivity (Wildman–Crippen MR) is 115 cm³/mol. The summed E-state index contributed by atoms with van der Waals surface area (Å²) in [6.45, 7) is -0.0426. The van der Waals surface area contributed by atoms with E-state index in [0.717, 1.165) is 27.2 Å². The van der Waals surface area contributed by atoms with Gasteiger partial charge in [-0.25, -0.2) is 9.59 Å². The molecule has 0 aromatic heterocycles. The molecule has 32 heavy (non-hydrogen) atoms. The summed E-state index contributed by atoms with van der Waals surface area (Å²) in [5.74, 6) is 2.85. The molecule has 1 aliphatic heterocycles. The van der Waals surface area contributed by atoms with Crippen LogP contribution in [-0.2, 0) is 14.3 Å². The number of β-amino-alcohol motifs (C(OH)–C–C–N with tert-alkyl or cyclic N) is 1. The number of aliphatic hydroxyl groups excluding tert-OH is 1. The van der Waals surface area contributed by atoms with Crippen molar-refractivity contribution in [3.63, 3.8) is 0 Å². The highest BCUT2D eigenvalue weighted by atomic mass is 16.5. The van der Waals surface area contributed by atoms with Crippen LogP contribution in [-0.4, -0.2) is 64.9 Å². The SMILES string of the molecule is O=C(NCC#CC(=O)N1CC(O)CC1C(=O)O)OCC1c2ccccc2-c2ccccc21. The molecule has 0 bridgehead atoms. The van der Waals surface area contributed by atoms with Crippen LogP contribution in [0.1, 0.15) is 23.5 Å². The molecule has 2 aromatic rings. The number of carbonyl (C=O) groups excluding carboxylic acids is 2. The molecule has 2 atom stereocenters. The number of carbonyl (C=O) groups is 3. The quantitative estimate of drug-likeness (QED) is 0.629. The third-order valence-electron chi connectivity index (χ3n) is 5.69. The van der Waals surface area contributed by atoms with Crippen LogP contribution in [0.5, 0.6) is 0 Å². The number of hydrogen-bond acceptors (Lipinski definition) is 5. The zero-order valence-electron chi connectivity index (χ0n) is 17.2. The summed E-state index contributed by atoms with van der Waals surface area (Å²) in [5, 5.41) is 21.2. The van der Waals surface area contributed by atoms with E-state index in [1.165, 1.54) is 0 Å². The maximum Gasteiger partial charge on any atom is 0.407 e. The second-order valence-corrected chi connectivity index (χ2v) is 7.68. The number of likely N-dealkylation sites (tertiary alicyclic amines) is 1. The van der Waals surface area contributed by atoms with Gasteiger partial charge in [-0.05, 0) is 28.2 Å². The second-order valence-electron chi connectivity index (χ2n) is 7.68. The number of hydrogen-bond donors (Lipinski definition) is 3. The van der Waals surface area contributed by atoms with E-state index >= 15 is 0 Å². The molecule has 0 saturated carbocycles. The minimum atomic E-state index is -1.19. The van der Waals surface area contributed by atoms with Crippen LogP contribution in [0.4, 0.5) is 4.79 Å². The number of nitrogens with one attached hydrogen (secondary N) is 1. The van der Waals surface area contributed by atoms with Crippen molar-refractivity contribution < 1.29 is 29.3 Å². The van der Waals surface area contributed by atoms with E-state index < -0.39 is 30.1 Å². The molecule has 2 unspecified atom stereocenters. The largest absolute Gasteiger partial charge is 0.480 e. The van der Waals surface area contributed by atoms with Gasteiger partial charge >= 0.3 is 12.1 Å². The number of aliphatic carboxylic acids is 1. The molecule has 2 aliphatic rings. The van der Waals surface area contributed by atoms with Gasteiger partial charge in [0.1, 0.15) is 12.6 Å². The molecule has 0 spiro atoms. The maximum absolute atomic E-state index is 12.1. The van der Waals surface area contributed by atoms with E-state index in [9.17, 15) is 19.5 Å². The molecule has 2 aromatic carbocycles. The number of ether oxygens (including phenoxy) is 1. The standard InChI is InChI=1S/C24H22N2O6/c27-15-12-21(23(29)30)26(13-15)22(28)10-5-11-25-24(31)32-14-20-18-8-3-1-6-16(18)17-7-2-4-9-19(17)20/h1-4,6-9,15,20-21,27H,11-14H2,(H,25,31)(H,29,30). The Kier molecular flexibility index (Phi) is 6.10. The van der Waals surface area contributed by atoms with Crippen molar-refractivity contribution >= 4 is 18.0 Å². The van der Waals surface area contributed by atoms with E-state index in [1.54, 1.807) is 0 Å². The van der Waals surface area contributed by atoms with Crippen LogP contribution in [0.3, 0.4) is 0 Å². The number of carboxylic acid groups (broad SMARTS) is 1. The second kappa shape index (κ2) is 9.12. The van der Waals surface area contributed by atoms with Crippen LogP contribution in [0.25, 0.3) is 11.1 Å². The summed E-state index contributed by atoms with van der Waals surface area (Å²) in [7, 11) is 0. The first-order valence-electron chi connectivity index (χ1n) is 10.2. The van der Waals surface area contributed by atoms with Crippen LogP contribution in [0, 0.1) is 11.8 Å². The van der Waals surface area contributed by atoms with Crippen LogP contribution < -0.4 is 5.32 Å². The minimum Gasteiger partial charge on any atom is -0.480 e. The van der Waals surface area contributed by atoms with E-state index in [1.807, 2.05) is 36.4 Å². The Morgan fingerprint density at radius 1 is 1.06 bits per heavy atom. The molecule has 8 nitrogen and oxygen atoms in total. The van der Waals surface area contributed by atoms with E-state index in [-0.39, 0.29) is 32.0 Å². The first-order chi connectivity index (χ1) is 15.5. The first-order valence-corrected chi connectivity index (χ1v) is 10.2. The molecule has 164 valence electrons. The summed E-state index contributed by atoms with van der Waals surface area (Å²) >= 11 is 0. The molecule has 2 amide bonds. The van der Waals surface area contributed by atoms with Crippen molar-refractivity contribution in [1.29, 1.82) is 0 Å². The lowest BCUT2D eigenvalue weighted by atomic mass is 9.98. The predicted octanol–water partition coefficient (Wildman–Crippen LogP) is 1.57. The Morgan fingerprint density at radius 2 is 1.69 bits per heavy atom. The summed E-state index contributed by atoms with van der Waals surface area (Å²) in [6.07, 6.45) is -1.57. The van der Waals surface area contributed by atoms with Crippen molar-refractivity contribution in [2.24, 2.45) is 0 Å². The fourth-order valence-corrected chi connectivity index (χ4v) is 4.23. The van der Waals surface area contributed by atoms with Crippen molar-refractivity contribution in [2.75, 3.05) is 19.7 Å². The minimum absolute atomic E-state index is 0.0270. The lowest BCUT2D eigenvalue weighted by molar-refractivity contribution is -0.146. The molecule has 1 fully saturated rings. The summed E-state index contributed by atoms with van der Waals surface area (Å²) in [5.41, 5.74) is 4.47. The highest BCUT2D eigenvalue weighted by molar-refractivity contribution is 5.96. The van der Waals surface area contributed by atoms with Gasteiger partial charge in [0.25, 0.3) is 5.91 Å². The lowest BCUT2D eigenvalue weighted by Gasteiger charge is -2.17. The van der Waals surface area contributed by atoms with Gasteiger partial charge in [0.2, 0.25) is 0 Å². The fraction of sp³-hybridized carbons (Fsp3) is 0.292. The van der Waals surface area contributed by atoms with Crippen LogP contribution in [0.2, 0.25) is 0 Å². The third-order valence-corrected chi connectivity index (χ3v) is 5.69. The third kappa shape index (κ3) is 4.29. The average Bonchev–Trinajstić information content (AvgIpc) is 3.34. The van der Waals surface area contributed by atoms with Gasteiger partial charge < -0.3 is 25.2 Å². The van der Waals surface area contributed by atoms with Crippen molar-refractivity contribution in [1.82, 2.24) is 10.2 Å². The number of alkyl carbamates (subject to hydrolysis) is 1. The van der Waals surface area contributed by atoms with Crippen LogP contribution >= 0.6 is 0 Å². The molecule has 0 radical (unpaired) electrons. The highest BCUT2D eigenvalue weighted by Crippen LogP contribution is 2.44. The van der Waals surface area contributed by atoms with Gasteiger partial charge in [-0.3, -0.25) is 4.79 Å².